The molecule has 0 aliphatic rings. The van der Waals surface area contributed by atoms with Crippen LogP contribution in [0.15, 0.2) is 0 Å². The summed E-state index contributed by atoms with van der Waals surface area (Å²) >= 11 is 0. The number of alkyl halides is 3. The molecule has 0 spiro atoms. The first-order valence-electron chi connectivity index (χ1n) is 6.53. The summed E-state index contributed by atoms with van der Waals surface area (Å²) < 4.78 is 48.8. The first-order chi connectivity index (χ1) is 9.98. The SMILES string of the molecule is CCC(C)(C)C(=O)OCOC(=O)CC(=O)OCCC(F)(F)F. The number of hydrogen-bond acceptors (Lipinski definition) is 6. The smallest absolute Gasteiger partial charge is 0.392 e. The first kappa shape index (κ1) is 20.2. The lowest BCUT2D eigenvalue weighted by Crippen LogP contribution is -2.27. The Balaban J connectivity index is 3.91. The van der Waals surface area contributed by atoms with Gasteiger partial charge in [-0.05, 0) is 20.3 Å². The molecule has 0 atom stereocenters. The van der Waals surface area contributed by atoms with Gasteiger partial charge in [0.15, 0.2) is 0 Å². The fourth-order valence-electron chi connectivity index (χ4n) is 0.989. The molecule has 0 N–H and O–H groups in total. The molecule has 6 nitrogen and oxygen atoms in total. The summed E-state index contributed by atoms with van der Waals surface area (Å²) in [6.07, 6.45) is -6.07. The van der Waals surface area contributed by atoms with Crippen molar-refractivity contribution in [3.8, 4) is 0 Å². The van der Waals surface area contributed by atoms with Gasteiger partial charge in [-0.2, -0.15) is 13.2 Å². The molecule has 0 fully saturated rings. The molecule has 0 aliphatic carbocycles. The number of ether oxygens (including phenoxy) is 3. The lowest BCUT2D eigenvalue weighted by molar-refractivity contribution is -0.175. The highest BCUT2D eigenvalue weighted by Gasteiger charge is 2.28. The lowest BCUT2D eigenvalue weighted by Gasteiger charge is -2.19. The van der Waals surface area contributed by atoms with Gasteiger partial charge in [0.2, 0.25) is 6.79 Å². The maximum atomic E-state index is 11.8. The molecule has 0 aromatic carbocycles. The summed E-state index contributed by atoms with van der Waals surface area (Å²) in [7, 11) is 0. The van der Waals surface area contributed by atoms with E-state index in [0.29, 0.717) is 6.42 Å². The van der Waals surface area contributed by atoms with E-state index in [4.69, 9.17) is 4.74 Å². The fraction of sp³-hybridized carbons (Fsp3) is 0.769. The van der Waals surface area contributed by atoms with Crippen molar-refractivity contribution in [1.29, 1.82) is 0 Å². The van der Waals surface area contributed by atoms with Crippen molar-refractivity contribution in [3.63, 3.8) is 0 Å². The lowest BCUT2D eigenvalue weighted by atomic mass is 9.91. The van der Waals surface area contributed by atoms with Gasteiger partial charge in [-0.3, -0.25) is 14.4 Å². The minimum absolute atomic E-state index is 0.519. The third-order valence-electron chi connectivity index (χ3n) is 2.78. The second kappa shape index (κ2) is 8.60. The van der Waals surface area contributed by atoms with Gasteiger partial charge in [0.25, 0.3) is 0 Å². The molecule has 0 aromatic heterocycles. The third kappa shape index (κ3) is 9.19. The molecule has 0 saturated carbocycles. The van der Waals surface area contributed by atoms with Crippen LogP contribution in [0.2, 0.25) is 0 Å². The molecule has 0 amide bonds. The molecule has 128 valence electrons. The van der Waals surface area contributed by atoms with E-state index in [1.54, 1.807) is 20.8 Å². The van der Waals surface area contributed by atoms with Crippen molar-refractivity contribution in [2.45, 2.75) is 46.2 Å². The Kier molecular flexibility index (Phi) is 7.89. The van der Waals surface area contributed by atoms with Gasteiger partial charge in [-0.15, -0.1) is 0 Å². The molecule has 0 bridgehead atoms. The van der Waals surface area contributed by atoms with E-state index >= 15 is 0 Å². The molecule has 22 heavy (non-hydrogen) atoms. The van der Waals surface area contributed by atoms with Crippen LogP contribution in [0.1, 0.15) is 40.0 Å². The molecular formula is C13H19F3O6. The van der Waals surface area contributed by atoms with E-state index in [-0.39, 0.29) is 0 Å². The fourth-order valence-corrected chi connectivity index (χ4v) is 0.989. The van der Waals surface area contributed by atoms with E-state index in [1.165, 1.54) is 0 Å². The zero-order valence-corrected chi connectivity index (χ0v) is 12.6. The molecule has 0 heterocycles. The topological polar surface area (TPSA) is 78.9 Å². The standard InChI is InChI=1S/C13H19F3O6/c1-4-12(2,3)11(19)22-8-21-10(18)7-9(17)20-6-5-13(14,15)16/h4-8H2,1-3H3. The summed E-state index contributed by atoms with van der Waals surface area (Å²) in [5, 5.41) is 0. The molecule has 0 aliphatic heterocycles. The van der Waals surface area contributed by atoms with Gasteiger partial charge < -0.3 is 14.2 Å². The quantitative estimate of drug-likeness (QED) is 0.387. The number of carbonyl (C=O) groups is 3. The van der Waals surface area contributed by atoms with Crippen molar-refractivity contribution < 1.29 is 41.8 Å². The van der Waals surface area contributed by atoms with Gasteiger partial charge in [-0.25, -0.2) is 0 Å². The van der Waals surface area contributed by atoms with Crippen molar-refractivity contribution in [2.75, 3.05) is 13.4 Å². The zero-order valence-electron chi connectivity index (χ0n) is 12.6. The highest BCUT2D eigenvalue weighted by Crippen LogP contribution is 2.21. The Morgan fingerprint density at radius 2 is 1.50 bits per heavy atom. The molecule has 0 radical (unpaired) electrons. The highest BCUT2D eigenvalue weighted by atomic mass is 19.4. The summed E-state index contributed by atoms with van der Waals surface area (Å²) in [5.74, 6) is -2.77. The Morgan fingerprint density at radius 3 is 2.00 bits per heavy atom. The maximum Gasteiger partial charge on any atom is 0.392 e. The van der Waals surface area contributed by atoms with Crippen LogP contribution in [-0.4, -0.2) is 37.5 Å². The normalized spacial score (nSPS) is 11.7. The van der Waals surface area contributed by atoms with Crippen LogP contribution < -0.4 is 0 Å². The monoisotopic (exact) mass is 328 g/mol. The van der Waals surface area contributed by atoms with Crippen LogP contribution in [0.4, 0.5) is 13.2 Å². The molecule has 0 aromatic rings. The molecule has 0 rings (SSSR count). The maximum absolute atomic E-state index is 11.8. The average molecular weight is 328 g/mol. The first-order valence-corrected chi connectivity index (χ1v) is 6.53. The zero-order chi connectivity index (χ0) is 17.4. The van der Waals surface area contributed by atoms with Crippen molar-refractivity contribution in [3.05, 3.63) is 0 Å². The van der Waals surface area contributed by atoms with Gasteiger partial charge in [0.1, 0.15) is 6.42 Å². The largest absolute Gasteiger partial charge is 0.465 e. The molecular weight excluding hydrogens is 309 g/mol. The van der Waals surface area contributed by atoms with E-state index < -0.39 is 55.7 Å². The predicted molar refractivity (Wildman–Crippen MR) is 67.4 cm³/mol. The van der Waals surface area contributed by atoms with Gasteiger partial charge in [-0.1, -0.05) is 6.92 Å². The second-order valence-electron chi connectivity index (χ2n) is 5.07. The van der Waals surface area contributed by atoms with E-state index in [2.05, 4.69) is 9.47 Å². The number of esters is 3. The summed E-state index contributed by atoms with van der Waals surface area (Å²) in [4.78, 5) is 33.7. The van der Waals surface area contributed by atoms with Crippen LogP contribution in [0, 0.1) is 5.41 Å². The van der Waals surface area contributed by atoms with Crippen molar-refractivity contribution >= 4 is 17.9 Å². The molecule has 0 unspecified atom stereocenters. The Morgan fingerprint density at radius 1 is 0.955 bits per heavy atom. The minimum atomic E-state index is -4.44. The van der Waals surface area contributed by atoms with Gasteiger partial charge >= 0.3 is 24.1 Å². The number of carbonyl (C=O) groups excluding carboxylic acids is 3. The van der Waals surface area contributed by atoms with Crippen LogP contribution in [0.25, 0.3) is 0 Å². The Labute approximate surface area is 125 Å². The van der Waals surface area contributed by atoms with Crippen LogP contribution >= 0.6 is 0 Å². The van der Waals surface area contributed by atoms with Gasteiger partial charge in [0.05, 0.1) is 18.4 Å². The number of rotatable bonds is 8. The van der Waals surface area contributed by atoms with Crippen LogP contribution in [0.3, 0.4) is 0 Å². The Bertz CT molecular complexity index is 403. The van der Waals surface area contributed by atoms with E-state index in [1.807, 2.05) is 0 Å². The summed E-state index contributed by atoms with van der Waals surface area (Å²) in [6, 6.07) is 0. The van der Waals surface area contributed by atoms with Crippen molar-refractivity contribution in [1.82, 2.24) is 0 Å². The number of halogens is 3. The second-order valence-corrected chi connectivity index (χ2v) is 5.07. The third-order valence-corrected chi connectivity index (χ3v) is 2.78. The minimum Gasteiger partial charge on any atom is -0.465 e. The predicted octanol–water partition coefficient (Wildman–Crippen LogP) is 2.35. The summed E-state index contributed by atoms with van der Waals surface area (Å²) in [6.45, 7) is 3.54. The molecule has 0 saturated heterocycles. The van der Waals surface area contributed by atoms with E-state index in [0.717, 1.165) is 0 Å². The van der Waals surface area contributed by atoms with Gasteiger partial charge in [0, 0.05) is 0 Å². The highest BCUT2D eigenvalue weighted by molar-refractivity contribution is 5.91. The van der Waals surface area contributed by atoms with E-state index in [9.17, 15) is 27.6 Å². The Hall–Kier alpha value is -1.80. The van der Waals surface area contributed by atoms with Crippen molar-refractivity contribution in [2.24, 2.45) is 5.41 Å². The molecule has 9 heteroatoms. The summed E-state index contributed by atoms with van der Waals surface area (Å²) in [5.41, 5.74) is -0.733. The number of hydrogen-bond donors (Lipinski definition) is 0. The van der Waals surface area contributed by atoms with Crippen LogP contribution in [0.5, 0.6) is 0 Å². The van der Waals surface area contributed by atoms with Crippen LogP contribution in [-0.2, 0) is 28.6 Å². The average Bonchev–Trinajstić information content (AvgIpc) is 2.36.